The largest absolute Gasteiger partial charge is 0.341 e. The predicted molar refractivity (Wildman–Crippen MR) is 84.1 cm³/mol. The molecule has 4 heteroatoms. The number of nitrogens with one attached hydrogen (secondary N) is 1. The molecule has 2 rings (SSSR count). The Labute approximate surface area is 125 Å². The van der Waals surface area contributed by atoms with Crippen LogP contribution in [0.25, 0.3) is 0 Å². The number of anilines is 1. The van der Waals surface area contributed by atoms with Crippen molar-refractivity contribution in [3.8, 4) is 0 Å². The third kappa shape index (κ3) is 3.72. The lowest BCUT2D eigenvalue weighted by Crippen LogP contribution is -2.29. The van der Waals surface area contributed by atoms with Gasteiger partial charge < -0.3 is 10.2 Å². The molecule has 1 aromatic carbocycles. The summed E-state index contributed by atoms with van der Waals surface area (Å²) in [5, 5.41) is 2.66. The van der Waals surface area contributed by atoms with Crippen LogP contribution >= 0.6 is 0 Å². The van der Waals surface area contributed by atoms with E-state index < -0.39 is 0 Å². The standard InChI is InChI=1S/C17H22N2O2/c1-5-15(20)18-14-8-6-12(7-9-14)16(21)19(4)11-13-10-17(13,2)3/h5-9,13H,1,10-11H2,2-4H3,(H,18,20). The fourth-order valence-electron chi connectivity index (χ4n) is 2.41. The van der Waals surface area contributed by atoms with Crippen LogP contribution in [0.3, 0.4) is 0 Å². The van der Waals surface area contributed by atoms with Crippen molar-refractivity contribution in [3.63, 3.8) is 0 Å². The van der Waals surface area contributed by atoms with Gasteiger partial charge in [0.2, 0.25) is 5.91 Å². The van der Waals surface area contributed by atoms with Gasteiger partial charge in [-0.3, -0.25) is 9.59 Å². The first-order chi connectivity index (χ1) is 9.83. The molecule has 1 atom stereocenters. The highest BCUT2D eigenvalue weighted by Crippen LogP contribution is 2.51. The van der Waals surface area contributed by atoms with Crippen LogP contribution in [-0.2, 0) is 4.79 Å². The molecule has 0 saturated heterocycles. The molecule has 112 valence electrons. The lowest BCUT2D eigenvalue weighted by Gasteiger charge is -2.18. The van der Waals surface area contributed by atoms with E-state index in [1.165, 1.54) is 12.5 Å². The van der Waals surface area contributed by atoms with Crippen molar-refractivity contribution in [2.75, 3.05) is 18.9 Å². The van der Waals surface area contributed by atoms with E-state index in [2.05, 4.69) is 25.7 Å². The maximum Gasteiger partial charge on any atom is 0.253 e. The van der Waals surface area contributed by atoms with Crippen LogP contribution in [-0.4, -0.2) is 30.3 Å². The summed E-state index contributed by atoms with van der Waals surface area (Å²) in [4.78, 5) is 25.3. The van der Waals surface area contributed by atoms with E-state index in [1.54, 1.807) is 29.2 Å². The van der Waals surface area contributed by atoms with Gasteiger partial charge in [0.05, 0.1) is 0 Å². The molecule has 0 heterocycles. The van der Waals surface area contributed by atoms with Crippen LogP contribution in [0.15, 0.2) is 36.9 Å². The Morgan fingerprint density at radius 2 is 1.95 bits per heavy atom. The molecule has 0 radical (unpaired) electrons. The fraction of sp³-hybridized carbons (Fsp3) is 0.412. The summed E-state index contributed by atoms with van der Waals surface area (Å²) >= 11 is 0. The summed E-state index contributed by atoms with van der Waals surface area (Å²) in [5.41, 5.74) is 1.66. The van der Waals surface area contributed by atoms with Gasteiger partial charge in [-0.05, 0) is 48.1 Å². The SMILES string of the molecule is C=CC(=O)Nc1ccc(C(=O)N(C)CC2CC2(C)C)cc1. The first-order valence-electron chi connectivity index (χ1n) is 7.12. The van der Waals surface area contributed by atoms with Gasteiger partial charge in [-0.25, -0.2) is 0 Å². The van der Waals surface area contributed by atoms with Crippen molar-refractivity contribution in [1.82, 2.24) is 4.90 Å². The molecule has 0 aliphatic heterocycles. The molecule has 1 saturated carbocycles. The molecule has 1 aliphatic carbocycles. The number of hydrogen-bond donors (Lipinski definition) is 1. The van der Waals surface area contributed by atoms with Gasteiger partial charge in [0.1, 0.15) is 0 Å². The second-order valence-electron chi connectivity index (χ2n) is 6.35. The number of benzene rings is 1. The van der Waals surface area contributed by atoms with Crippen molar-refractivity contribution < 1.29 is 9.59 Å². The monoisotopic (exact) mass is 286 g/mol. The zero-order valence-electron chi connectivity index (χ0n) is 12.8. The van der Waals surface area contributed by atoms with Gasteiger partial charge in [-0.15, -0.1) is 0 Å². The van der Waals surface area contributed by atoms with E-state index in [9.17, 15) is 9.59 Å². The molecule has 4 nitrogen and oxygen atoms in total. The topological polar surface area (TPSA) is 49.4 Å². The molecule has 0 spiro atoms. The lowest BCUT2D eigenvalue weighted by atomic mass is 10.1. The Kier molecular flexibility index (Phi) is 4.16. The highest BCUT2D eigenvalue weighted by Gasteiger charge is 2.46. The smallest absolute Gasteiger partial charge is 0.253 e. The second kappa shape index (κ2) is 5.72. The number of amides is 2. The number of rotatable bonds is 5. The highest BCUT2D eigenvalue weighted by atomic mass is 16.2. The third-order valence-corrected chi connectivity index (χ3v) is 4.14. The minimum absolute atomic E-state index is 0.0132. The molecular formula is C17H22N2O2. The summed E-state index contributed by atoms with van der Waals surface area (Å²) in [5.74, 6) is 0.346. The normalized spacial score (nSPS) is 18.7. The Hall–Kier alpha value is -2.10. The third-order valence-electron chi connectivity index (χ3n) is 4.14. The van der Waals surface area contributed by atoms with Crippen LogP contribution in [0.4, 0.5) is 5.69 Å². The molecule has 1 unspecified atom stereocenters. The number of carbonyl (C=O) groups excluding carboxylic acids is 2. The van der Waals surface area contributed by atoms with Gasteiger partial charge in [0.25, 0.3) is 5.91 Å². The van der Waals surface area contributed by atoms with E-state index in [1.807, 2.05) is 7.05 Å². The highest BCUT2D eigenvalue weighted by molar-refractivity contribution is 5.99. The summed E-state index contributed by atoms with van der Waals surface area (Å²) in [6.07, 6.45) is 2.39. The second-order valence-corrected chi connectivity index (χ2v) is 6.35. The quantitative estimate of drug-likeness (QED) is 0.846. The van der Waals surface area contributed by atoms with Gasteiger partial charge in [0, 0.05) is 24.8 Å². The Morgan fingerprint density at radius 1 is 1.38 bits per heavy atom. The Bertz CT molecular complexity index is 561. The predicted octanol–water partition coefficient (Wildman–Crippen LogP) is 2.93. The molecular weight excluding hydrogens is 264 g/mol. The first kappa shape index (κ1) is 15.3. The van der Waals surface area contributed by atoms with Crippen molar-refractivity contribution >= 4 is 17.5 Å². The maximum absolute atomic E-state index is 12.3. The molecule has 1 fully saturated rings. The van der Waals surface area contributed by atoms with E-state index >= 15 is 0 Å². The fourth-order valence-corrected chi connectivity index (χ4v) is 2.41. The number of carbonyl (C=O) groups is 2. The van der Waals surface area contributed by atoms with Gasteiger partial charge in [-0.1, -0.05) is 20.4 Å². The number of hydrogen-bond acceptors (Lipinski definition) is 2. The molecule has 1 aliphatic rings. The van der Waals surface area contributed by atoms with Crippen LogP contribution in [0.2, 0.25) is 0 Å². The molecule has 0 bridgehead atoms. The van der Waals surface area contributed by atoms with Crippen molar-refractivity contribution in [3.05, 3.63) is 42.5 Å². The average Bonchev–Trinajstić information content (AvgIpc) is 3.05. The van der Waals surface area contributed by atoms with Crippen LogP contribution in [0, 0.1) is 11.3 Å². The van der Waals surface area contributed by atoms with E-state index in [0.717, 1.165) is 6.54 Å². The van der Waals surface area contributed by atoms with Gasteiger partial charge >= 0.3 is 0 Å². The molecule has 1 N–H and O–H groups in total. The summed E-state index contributed by atoms with van der Waals surface area (Å²) in [7, 11) is 1.84. The molecule has 2 amide bonds. The lowest BCUT2D eigenvalue weighted by molar-refractivity contribution is -0.111. The van der Waals surface area contributed by atoms with Crippen molar-refractivity contribution in [2.45, 2.75) is 20.3 Å². The first-order valence-corrected chi connectivity index (χ1v) is 7.12. The summed E-state index contributed by atoms with van der Waals surface area (Å²) in [6.45, 7) is 8.65. The average molecular weight is 286 g/mol. The van der Waals surface area contributed by atoms with Crippen LogP contribution in [0.1, 0.15) is 30.6 Å². The summed E-state index contributed by atoms with van der Waals surface area (Å²) < 4.78 is 0. The molecule has 0 aromatic heterocycles. The number of nitrogens with zero attached hydrogens (tertiary/aromatic N) is 1. The van der Waals surface area contributed by atoms with E-state index in [-0.39, 0.29) is 11.8 Å². The molecule has 1 aromatic rings. The minimum atomic E-state index is -0.262. The summed E-state index contributed by atoms with van der Waals surface area (Å²) in [6, 6.07) is 6.91. The van der Waals surface area contributed by atoms with Gasteiger partial charge in [-0.2, -0.15) is 0 Å². The van der Waals surface area contributed by atoms with E-state index in [4.69, 9.17) is 0 Å². The van der Waals surface area contributed by atoms with Gasteiger partial charge in [0.15, 0.2) is 0 Å². The zero-order chi connectivity index (χ0) is 15.6. The van der Waals surface area contributed by atoms with Crippen molar-refractivity contribution in [1.29, 1.82) is 0 Å². The van der Waals surface area contributed by atoms with E-state index in [0.29, 0.717) is 22.6 Å². The van der Waals surface area contributed by atoms with Crippen LogP contribution in [0.5, 0.6) is 0 Å². The maximum atomic E-state index is 12.3. The van der Waals surface area contributed by atoms with Crippen molar-refractivity contribution in [2.24, 2.45) is 11.3 Å². The minimum Gasteiger partial charge on any atom is -0.341 e. The Morgan fingerprint density at radius 3 is 2.43 bits per heavy atom. The zero-order valence-corrected chi connectivity index (χ0v) is 12.8. The van der Waals surface area contributed by atoms with Crippen LogP contribution < -0.4 is 5.32 Å². The molecule has 21 heavy (non-hydrogen) atoms. The Balaban J connectivity index is 1.96.